The van der Waals surface area contributed by atoms with E-state index in [4.69, 9.17) is 14.7 Å². The summed E-state index contributed by atoms with van der Waals surface area (Å²) in [4.78, 5) is 2.10. The van der Waals surface area contributed by atoms with E-state index in [1.165, 1.54) is 0 Å². The molecule has 1 aliphatic rings. The number of nitriles is 1. The summed E-state index contributed by atoms with van der Waals surface area (Å²) in [7, 11) is 1.98. The lowest BCUT2D eigenvalue weighted by atomic mass is 10.2. The molecule has 0 radical (unpaired) electrons. The van der Waals surface area contributed by atoms with Crippen LogP contribution in [0.4, 0.5) is 0 Å². The lowest BCUT2D eigenvalue weighted by Gasteiger charge is -2.25. The third-order valence-corrected chi connectivity index (χ3v) is 3.43. The highest BCUT2D eigenvalue weighted by Crippen LogP contribution is 2.14. The van der Waals surface area contributed by atoms with Gasteiger partial charge in [-0.25, -0.2) is 0 Å². The van der Waals surface area contributed by atoms with Gasteiger partial charge >= 0.3 is 0 Å². The van der Waals surface area contributed by atoms with Crippen LogP contribution in [0.25, 0.3) is 0 Å². The largest absolute Gasteiger partial charge is 0.491 e. The second kappa shape index (κ2) is 7.25. The van der Waals surface area contributed by atoms with Crippen LogP contribution in [0.3, 0.4) is 0 Å². The first kappa shape index (κ1) is 14.8. The van der Waals surface area contributed by atoms with Crippen LogP contribution in [0.1, 0.15) is 12.0 Å². The normalized spacial score (nSPS) is 19.8. The zero-order valence-electron chi connectivity index (χ0n) is 11.7. The molecule has 1 heterocycles. The molecule has 2 rings (SSSR count). The van der Waals surface area contributed by atoms with Crippen LogP contribution in [0, 0.1) is 11.3 Å². The van der Waals surface area contributed by atoms with Crippen molar-refractivity contribution >= 4 is 0 Å². The van der Waals surface area contributed by atoms with E-state index in [9.17, 15) is 5.11 Å². The first-order valence-corrected chi connectivity index (χ1v) is 6.78. The molecule has 0 bridgehead atoms. The molecule has 0 aliphatic carbocycles. The fourth-order valence-electron chi connectivity index (χ4n) is 2.25. The SMILES string of the molecule is CN(CC(O)COc1cccc(C#N)c1)C1CCOC1. The van der Waals surface area contributed by atoms with Crippen LogP contribution in [-0.4, -0.2) is 55.6 Å². The standard InChI is InChI=1S/C15H20N2O3/c1-17(13-5-6-19-10-13)9-14(18)11-20-15-4-2-3-12(7-15)8-16/h2-4,7,13-14,18H,5-6,9-11H2,1H3. The van der Waals surface area contributed by atoms with E-state index in [1.807, 2.05) is 7.05 Å². The Balaban J connectivity index is 1.76. The maximum Gasteiger partial charge on any atom is 0.120 e. The highest BCUT2D eigenvalue weighted by molar-refractivity contribution is 5.36. The molecule has 108 valence electrons. The summed E-state index contributed by atoms with van der Waals surface area (Å²) in [6.07, 6.45) is 0.445. The van der Waals surface area contributed by atoms with E-state index < -0.39 is 6.10 Å². The molecule has 2 atom stereocenters. The molecule has 1 aromatic carbocycles. The zero-order valence-corrected chi connectivity index (χ0v) is 11.7. The fourth-order valence-corrected chi connectivity index (χ4v) is 2.25. The molecular weight excluding hydrogens is 256 g/mol. The lowest BCUT2D eigenvalue weighted by Crippen LogP contribution is -2.39. The summed E-state index contributed by atoms with van der Waals surface area (Å²) in [6.45, 7) is 2.29. The van der Waals surface area contributed by atoms with Crippen LogP contribution >= 0.6 is 0 Å². The van der Waals surface area contributed by atoms with Crippen molar-refractivity contribution < 1.29 is 14.6 Å². The summed E-state index contributed by atoms with van der Waals surface area (Å²) >= 11 is 0. The van der Waals surface area contributed by atoms with Gasteiger partial charge < -0.3 is 14.6 Å². The van der Waals surface area contributed by atoms with Crippen molar-refractivity contribution in [3.05, 3.63) is 29.8 Å². The second-order valence-corrected chi connectivity index (χ2v) is 5.06. The van der Waals surface area contributed by atoms with E-state index in [0.717, 1.165) is 19.6 Å². The van der Waals surface area contributed by atoms with Crippen molar-refractivity contribution in [2.45, 2.75) is 18.6 Å². The third kappa shape index (κ3) is 4.20. The molecule has 0 aromatic heterocycles. The molecule has 1 aliphatic heterocycles. The summed E-state index contributed by atoms with van der Waals surface area (Å²) in [5, 5.41) is 18.8. The second-order valence-electron chi connectivity index (χ2n) is 5.06. The van der Waals surface area contributed by atoms with Crippen LogP contribution in [0.5, 0.6) is 5.75 Å². The molecule has 0 amide bonds. The lowest BCUT2D eigenvalue weighted by molar-refractivity contribution is 0.0597. The Morgan fingerprint density at radius 1 is 1.60 bits per heavy atom. The van der Waals surface area contributed by atoms with E-state index in [2.05, 4.69) is 11.0 Å². The van der Waals surface area contributed by atoms with Crippen LogP contribution in [0.2, 0.25) is 0 Å². The zero-order chi connectivity index (χ0) is 14.4. The van der Waals surface area contributed by atoms with Crippen molar-refractivity contribution in [2.75, 3.05) is 33.4 Å². The predicted molar refractivity (Wildman–Crippen MR) is 74.5 cm³/mol. The summed E-state index contributed by atoms with van der Waals surface area (Å²) < 4.78 is 10.8. The molecule has 0 spiro atoms. The number of likely N-dealkylation sites (N-methyl/N-ethyl adjacent to an activating group) is 1. The molecule has 0 saturated carbocycles. The number of hydrogen-bond acceptors (Lipinski definition) is 5. The van der Waals surface area contributed by atoms with Gasteiger partial charge in [0.1, 0.15) is 18.5 Å². The van der Waals surface area contributed by atoms with Gasteiger partial charge in [-0.15, -0.1) is 0 Å². The van der Waals surface area contributed by atoms with Gasteiger partial charge in [0.05, 0.1) is 18.2 Å². The van der Waals surface area contributed by atoms with Gasteiger partial charge in [0.2, 0.25) is 0 Å². The number of ether oxygens (including phenoxy) is 2. The number of rotatable bonds is 6. The Labute approximate surface area is 119 Å². The monoisotopic (exact) mass is 276 g/mol. The predicted octanol–water partition coefficient (Wildman–Crippen LogP) is 1.02. The van der Waals surface area contributed by atoms with Crippen LogP contribution < -0.4 is 4.74 Å². The van der Waals surface area contributed by atoms with Crippen molar-refractivity contribution in [1.29, 1.82) is 5.26 Å². The molecule has 1 N–H and O–H groups in total. The van der Waals surface area contributed by atoms with Gasteiger partial charge in [0.25, 0.3) is 0 Å². The number of nitrogens with zero attached hydrogens (tertiary/aromatic N) is 2. The first-order valence-electron chi connectivity index (χ1n) is 6.78. The van der Waals surface area contributed by atoms with E-state index in [0.29, 0.717) is 23.9 Å². The summed E-state index contributed by atoms with van der Waals surface area (Å²) in [5.74, 6) is 0.606. The van der Waals surface area contributed by atoms with Gasteiger partial charge in [0.15, 0.2) is 0 Å². The maximum absolute atomic E-state index is 10.00. The topological polar surface area (TPSA) is 65.7 Å². The summed E-state index contributed by atoms with van der Waals surface area (Å²) in [5.41, 5.74) is 0.553. The van der Waals surface area contributed by atoms with Crippen molar-refractivity contribution in [3.63, 3.8) is 0 Å². The van der Waals surface area contributed by atoms with Gasteiger partial charge in [-0.2, -0.15) is 5.26 Å². The Morgan fingerprint density at radius 3 is 3.15 bits per heavy atom. The van der Waals surface area contributed by atoms with Crippen molar-refractivity contribution in [3.8, 4) is 11.8 Å². The fraction of sp³-hybridized carbons (Fsp3) is 0.533. The number of aliphatic hydroxyl groups excluding tert-OH is 1. The molecular formula is C15H20N2O3. The van der Waals surface area contributed by atoms with Gasteiger partial charge in [-0.1, -0.05) is 6.07 Å². The number of hydrogen-bond donors (Lipinski definition) is 1. The molecule has 1 fully saturated rings. The molecule has 1 saturated heterocycles. The number of aliphatic hydroxyl groups is 1. The average Bonchev–Trinajstić information content (AvgIpc) is 2.99. The molecule has 5 heteroatoms. The van der Waals surface area contributed by atoms with Crippen LogP contribution in [0.15, 0.2) is 24.3 Å². The van der Waals surface area contributed by atoms with Crippen molar-refractivity contribution in [2.24, 2.45) is 0 Å². The molecule has 2 unspecified atom stereocenters. The minimum Gasteiger partial charge on any atom is -0.491 e. The first-order chi connectivity index (χ1) is 9.69. The quantitative estimate of drug-likeness (QED) is 0.840. The maximum atomic E-state index is 10.00. The Morgan fingerprint density at radius 2 is 2.45 bits per heavy atom. The van der Waals surface area contributed by atoms with Gasteiger partial charge in [-0.05, 0) is 31.7 Å². The molecule has 20 heavy (non-hydrogen) atoms. The minimum absolute atomic E-state index is 0.215. The van der Waals surface area contributed by atoms with E-state index in [-0.39, 0.29) is 6.61 Å². The smallest absolute Gasteiger partial charge is 0.120 e. The Hall–Kier alpha value is -1.61. The highest BCUT2D eigenvalue weighted by atomic mass is 16.5. The van der Waals surface area contributed by atoms with Gasteiger partial charge in [0, 0.05) is 19.2 Å². The van der Waals surface area contributed by atoms with E-state index >= 15 is 0 Å². The summed E-state index contributed by atoms with van der Waals surface area (Å²) in [6, 6.07) is 9.37. The molecule has 1 aromatic rings. The number of benzene rings is 1. The van der Waals surface area contributed by atoms with Gasteiger partial charge in [-0.3, -0.25) is 4.90 Å². The third-order valence-electron chi connectivity index (χ3n) is 3.43. The van der Waals surface area contributed by atoms with E-state index in [1.54, 1.807) is 24.3 Å². The average molecular weight is 276 g/mol. The minimum atomic E-state index is -0.564. The highest BCUT2D eigenvalue weighted by Gasteiger charge is 2.22. The van der Waals surface area contributed by atoms with Crippen molar-refractivity contribution in [1.82, 2.24) is 4.90 Å². The Kier molecular flexibility index (Phi) is 5.36. The molecule has 5 nitrogen and oxygen atoms in total. The van der Waals surface area contributed by atoms with Crippen LogP contribution in [-0.2, 0) is 4.74 Å². The Bertz CT molecular complexity index is 466.